The molecule has 1 heterocycles. The number of carbonyl (C=O) groups is 1. The van der Waals surface area contributed by atoms with Crippen molar-refractivity contribution in [1.29, 1.82) is 0 Å². The molecule has 0 N–H and O–H groups in total. The lowest BCUT2D eigenvalue weighted by molar-refractivity contribution is -0.170. The molecule has 0 aliphatic carbocycles. The molecular formula is C6H8F3NO. The molecule has 5 heteroatoms. The Balaban J connectivity index is 2.61. The van der Waals surface area contributed by atoms with Gasteiger partial charge in [-0.25, -0.2) is 0 Å². The van der Waals surface area contributed by atoms with Crippen LogP contribution in [-0.4, -0.2) is 30.6 Å². The number of amides is 1. The molecule has 1 saturated heterocycles. The molecule has 1 aliphatic heterocycles. The van der Waals surface area contributed by atoms with Crippen molar-refractivity contribution in [2.75, 3.05) is 13.6 Å². The lowest BCUT2D eigenvalue weighted by Gasteiger charge is -2.13. The summed E-state index contributed by atoms with van der Waals surface area (Å²) in [7, 11) is 1.38. The van der Waals surface area contributed by atoms with Crippen LogP contribution in [0.2, 0.25) is 0 Å². The van der Waals surface area contributed by atoms with E-state index in [1.807, 2.05) is 0 Å². The van der Waals surface area contributed by atoms with Gasteiger partial charge in [0.25, 0.3) is 0 Å². The summed E-state index contributed by atoms with van der Waals surface area (Å²) in [6.45, 7) is -0.192. The van der Waals surface area contributed by atoms with Gasteiger partial charge in [-0.15, -0.1) is 0 Å². The number of nitrogens with zero attached hydrogens (tertiary/aromatic N) is 1. The van der Waals surface area contributed by atoms with Crippen LogP contribution in [0.25, 0.3) is 0 Å². The maximum absolute atomic E-state index is 11.9. The van der Waals surface area contributed by atoms with Gasteiger partial charge in [0.05, 0.1) is 5.92 Å². The van der Waals surface area contributed by atoms with Crippen LogP contribution in [0.3, 0.4) is 0 Å². The molecule has 0 aromatic carbocycles. The van der Waals surface area contributed by atoms with E-state index in [1.54, 1.807) is 0 Å². The fourth-order valence-electron chi connectivity index (χ4n) is 1.08. The van der Waals surface area contributed by atoms with Crippen LogP contribution in [0.1, 0.15) is 6.42 Å². The third kappa shape index (κ3) is 1.64. The molecule has 1 fully saturated rings. The zero-order valence-corrected chi connectivity index (χ0v) is 5.98. The number of carbonyl (C=O) groups excluding carboxylic acids is 1. The molecule has 11 heavy (non-hydrogen) atoms. The summed E-state index contributed by atoms with van der Waals surface area (Å²) < 4.78 is 35.8. The molecule has 1 amide bonds. The second-order valence-corrected chi connectivity index (χ2v) is 2.72. The van der Waals surface area contributed by atoms with Crippen molar-refractivity contribution in [1.82, 2.24) is 4.90 Å². The van der Waals surface area contributed by atoms with Gasteiger partial charge >= 0.3 is 6.18 Å². The molecule has 0 aromatic heterocycles. The molecular weight excluding hydrogens is 159 g/mol. The topological polar surface area (TPSA) is 20.3 Å². The monoisotopic (exact) mass is 167 g/mol. The van der Waals surface area contributed by atoms with E-state index in [0.717, 1.165) is 4.90 Å². The Morgan fingerprint density at radius 1 is 1.55 bits per heavy atom. The number of alkyl halides is 3. The Kier molecular flexibility index (Phi) is 1.82. The van der Waals surface area contributed by atoms with E-state index in [2.05, 4.69) is 0 Å². The van der Waals surface area contributed by atoms with Gasteiger partial charge in [0.1, 0.15) is 0 Å². The van der Waals surface area contributed by atoms with Crippen LogP contribution in [0.5, 0.6) is 0 Å². The van der Waals surface area contributed by atoms with Crippen LogP contribution < -0.4 is 0 Å². The highest BCUT2D eigenvalue weighted by molar-refractivity contribution is 5.78. The van der Waals surface area contributed by atoms with Gasteiger partial charge < -0.3 is 4.90 Å². The average Bonchev–Trinajstić information content (AvgIpc) is 2.11. The Labute approximate surface area is 62.0 Å². The van der Waals surface area contributed by atoms with Crippen molar-refractivity contribution in [2.45, 2.75) is 12.6 Å². The van der Waals surface area contributed by atoms with Crippen LogP contribution in [0.15, 0.2) is 0 Å². The van der Waals surface area contributed by atoms with Crippen molar-refractivity contribution >= 4 is 5.91 Å². The first-order valence-electron chi connectivity index (χ1n) is 3.22. The van der Waals surface area contributed by atoms with Crippen LogP contribution in [-0.2, 0) is 4.79 Å². The first-order chi connectivity index (χ1) is 4.91. The van der Waals surface area contributed by atoms with E-state index in [0.29, 0.717) is 0 Å². The van der Waals surface area contributed by atoms with Crippen molar-refractivity contribution in [3.63, 3.8) is 0 Å². The molecule has 1 aliphatic rings. The Morgan fingerprint density at radius 3 is 2.27 bits per heavy atom. The molecule has 0 radical (unpaired) electrons. The number of rotatable bonds is 0. The summed E-state index contributed by atoms with van der Waals surface area (Å²) >= 11 is 0. The van der Waals surface area contributed by atoms with E-state index in [9.17, 15) is 18.0 Å². The SMILES string of the molecule is CN1C[C@H](C(F)(F)F)CC1=O. The van der Waals surface area contributed by atoms with E-state index in [-0.39, 0.29) is 13.0 Å². The number of hydrogen-bond acceptors (Lipinski definition) is 1. The maximum Gasteiger partial charge on any atom is 0.394 e. The molecule has 0 unspecified atom stereocenters. The van der Waals surface area contributed by atoms with Crippen molar-refractivity contribution in [3.8, 4) is 0 Å². The molecule has 64 valence electrons. The number of hydrogen-bond donors (Lipinski definition) is 0. The minimum atomic E-state index is -4.22. The van der Waals surface area contributed by atoms with Crippen LogP contribution >= 0.6 is 0 Å². The van der Waals surface area contributed by atoms with Crippen molar-refractivity contribution in [2.24, 2.45) is 5.92 Å². The first kappa shape index (κ1) is 8.36. The Hall–Kier alpha value is -0.740. The normalized spacial score (nSPS) is 26.4. The molecule has 1 rings (SSSR count). The van der Waals surface area contributed by atoms with Gasteiger partial charge in [-0.1, -0.05) is 0 Å². The van der Waals surface area contributed by atoms with Crippen LogP contribution in [0, 0.1) is 5.92 Å². The largest absolute Gasteiger partial charge is 0.394 e. The predicted octanol–water partition coefficient (Wildman–Crippen LogP) is 1.03. The number of likely N-dealkylation sites (tertiary alicyclic amines) is 1. The summed E-state index contributed by atoms with van der Waals surface area (Å²) in [5, 5.41) is 0. The van der Waals surface area contributed by atoms with Crippen LogP contribution in [0.4, 0.5) is 13.2 Å². The molecule has 0 bridgehead atoms. The smallest absolute Gasteiger partial charge is 0.345 e. The standard InChI is InChI=1S/C6H8F3NO/c1-10-3-4(2-5(10)11)6(7,8)9/h4H,2-3H2,1H3/t4-/m1/s1. The minimum absolute atomic E-state index is 0.192. The van der Waals surface area contributed by atoms with Gasteiger partial charge in [0.2, 0.25) is 5.91 Å². The maximum atomic E-state index is 11.9. The van der Waals surface area contributed by atoms with Gasteiger partial charge in [-0.3, -0.25) is 4.79 Å². The minimum Gasteiger partial charge on any atom is -0.345 e. The van der Waals surface area contributed by atoms with E-state index in [1.165, 1.54) is 7.05 Å². The number of halogens is 3. The Bertz CT molecular complexity index is 177. The summed E-state index contributed by atoms with van der Waals surface area (Å²) in [6, 6.07) is 0. The van der Waals surface area contributed by atoms with E-state index < -0.39 is 18.0 Å². The zero-order chi connectivity index (χ0) is 8.65. The predicted molar refractivity (Wildman–Crippen MR) is 31.8 cm³/mol. The lowest BCUT2D eigenvalue weighted by atomic mass is 10.1. The third-order valence-electron chi connectivity index (χ3n) is 1.80. The summed E-state index contributed by atoms with van der Waals surface area (Å²) in [5.74, 6) is -1.88. The quantitative estimate of drug-likeness (QED) is 0.527. The van der Waals surface area contributed by atoms with Gasteiger partial charge in [-0.2, -0.15) is 13.2 Å². The average molecular weight is 167 g/mol. The lowest BCUT2D eigenvalue weighted by Crippen LogP contribution is -2.25. The second kappa shape index (κ2) is 2.39. The summed E-state index contributed by atoms with van der Waals surface area (Å²) in [5.41, 5.74) is 0. The fraction of sp³-hybridized carbons (Fsp3) is 0.833. The van der Waals surface area contributed by atoms with Gasteiger partial charge in [0.15, 0.2) is 0 Å². The third-order valence-corrected chi connectivity index (χ3v) is 1.80. The first-order valence-corrected chi connectivity index (χ1v) is 3.22. The van der Waals surface area contributed by atoms with Gasteiger partial charge in [0, 0.05) is 20.0 Å². The summed E-state index contributed by atoms with van der Waals surface area (Å²) in [4.78, 5) is 11.8. The second-order valence-electron chi connectivity index (χ2n) is 2.72. The summed E-state index contributed by atoms with van der Waals surface area (Å²) in [6.07, 6.45) is -4.61. The molecule has 0 aromatic rings. The zero-order valence-electron chi connectivity index (χ0n) is 5.98. The highest BCUT2D eigenvalue weighted by atomic mass is 19.4. The van der Waals surface area contributed by atoms with E-state index >= 15 is 0 Å². The highest BCUT2D eigenvalue weighted by Gasteiger charge is 2.45. The van der Waals surface area contributed by atoms with E-state index in [4.69, 9.17) is 0 Å². The Morgan fingerprint density at radius 2 is 2.09 bits per heavy atom. The van der Waals surface area contributed by atoms with Crippen molar-refractivity contribution in [3.05, 3.63) is 0 Å². The molecule has 0 spiro atoms. The molecule has 1 atom stereocenters. The fourth-order valence-corrected chi connectivity index (χ4v) is 1.08. The van der Waals surface area contributed by atoms with Gasteiger partial charge in [-0.05, 0) is 0 Å². The van der Waals surface area contributed by atoms with Crippen molar-refractivity contribution < 1.29 is 18.0 Å². The molecule has 0 saturated carbocycles. The highest BCUT2D eigenvalue weighted by Crippen LogP contribution is 2.33. The molecule has 2 nitrogen and oxygen atoms in total.